The summed E-state index contributed by atoms with van der Waals surface area (Å²) in [6, 6.07) is 2.67. The maximum atomic E-state index is 13.0. The lowest BCUT2D eigenvalue weighted by atomic mass is 10.2. The predicted molar refractivity (Wildman–Crippen MR) is 110 cm³/mol. The number of amides is 1. The summed E-state index contributed by atoms with van der Waals surface area (Å²) in [6.45, 7) is 6.48. The molecule has 2 heterocycles. The van der Waals surface area contributed by atoms with Gasteiger partial charge in [0.25, 0.3) is 5.91 Å². The van der Waals surface area contributed by atoms with E-state index in [1.807, 2.05) is 6.92 Å². The molecule has 1 aromatic carbocycles. The quantitative estimate of drug-likeness (QED) is 0.683. The Morgan fingerprint density at radius 3 is 2.28 bits per heavy atom. The van der Waals surface area contributed by atoms with Gasteiger partial charge >= 0.3 is 0 Å². The van der Waals surface area contributed by atoms with Crippen LogP contribution in [-0.4, -0.2) is 88.7 Å². The molecule has 0 aromatic heterocycles. The standard InChI is InChI=1S/C18H25Cl2N3O5S/c1-13(22-2-6-27-7-3-22)12-21-18(24)14-10-17(16(20)11-15(14)19)29(25,26)23-4-8-28-9-5-23/h10-11,13H,2-9,12H2,1H3,(H,21,24). The molecule has 8 nitrogen and oxygen atoms in total. The zero-order valence-electron chi connectivity index (χ0n) is 16.2. The molecule has 2 aliphatic rings. The van der Waals surface area contributed by atoms with E-state index in [0.717, 1.165) is 13.1 Å². The normalized spacial score (nSPS) is 20.4. The van der Waals surface area contributed by atoms with E-state index < -0.39 is 15.9 Å². The number of halogens is 2. The summed E-state index contributed by atoms with van der Waals surface area (Å²) in [5.74, 6) is -0.440. The van der Waals surface area contributed by atoms with Gasteiger partial charge in [-0.1, -0.05) is 23.2 Å². The lowest BCUT2D eigenvalue weighted by Gasteiger charge is -2.32. The van der Waals surface area contributed by atoms with Crippen molar-refractivity contribution in [2.45, 2.75) is 17.9 Å². The molecule has 2 saturated heterocycles. The highest BCUT2D eigenvalue weighted by Crippen LogP contribution is 2.31. The molecule has 29 heavy (non-hydrogen) atoms. The smallest absolute Gasteiger partial charge is 0.252 e. The van der Waals surface area contributed by atoms with Gasteiger partial charge in [0.05, 0.1) is 42.0 Å². The van der Waals surface area contributed by atoms with Crippen molar-refractivity contribution in [3.8, 4) is 0 Å². The SMILES string of the molecule is CC(CNC(=O)c1cc(S(=O)(=O)N2CCOCC2)c(Cl)cc1Cl)N1CCOCC1. The first-order valence-corrected chi connectivity index (χ1v) is 11.7. The van der Waals surface area contributed by atoms with Gasteiger partial charge in [-0.15, -0.1) is 0 Å². The van der Waals surface area contributed by atoms with Crippen LogP contribution in [0.25, 0.3) is 0 Å². The Balaban J connectivity index is 1.75. The summed E-state index contributed by atoms with van der Waals surface area (Å²) < 4.78 is 37.8. The van der Waals surface area contributed by atoms with Crippen LogP contribution in [0.5, 0.6) is 0 Å². The number of nitrogens with zero attached hydrogens (tertiary/aromatic N) is 2. The molecule has 0 radical (unpaired) electrons. The maximum absolute atomic E-state index is 13.0. The van der Waals surface area contributed by atoms with Gasteiger partial charge in [0.2, 0.25) is 10.0 Å². The lowest BCUT2D eigenvalue weighted by Crippen LogP contribution is -2.47. The molecular weight excluding hydrogens is 441 g/mol. The molecule has 11 heteroatoms. The number of hydrogen-bond acceptors (Lipinski definition) is 6. The molecule has 2 aliphatic heterocycles. The van der Waals surface area contributed by atoms with E-state index in [0.29, 0.717) is 33.0 Å². The van der Waals surface area contributed by atoms with Crippen LogP contribution in [0.1, 0.15) is 17.3 Å². The average molecular weight is 466 g/mol. The number of rotatable bonds is 6. The zero-order chi connectivity index (χ0) is 21.0. The van der Waals surface area contributed by atoms with Crippen molar-refractivity contribution in [3.05, 3.63) is 27.7 Å². The summed E-state index contributed by atoms with van der Waals surface area (Å²) in [7, 11) is -3.85. The van der Waals surface area contributed by atoms with Crippen molar-refractivity contribution in [1.82, 2.24) is 14.5 Å². The molecule has 3 rings (SSSR count). The van der Waals surface area contributed by atoms with E-state index >= 15 is 0 Å². The fourth-order valence-corrected chi connectivity index (χ4v) is 5.55. The highest BCUT2D eigenvalue weighted by molar-refractivity contribution is 7.89. The molecule has 1 aromatic rings. The van der Waals surface area contributed by atoms with Crippen LogP contribution in [0, 0.1) is 0 Å². The minimum Gasteiger partial charge on any atom is -0.379 e. The minimum atomic E-state index is -3.85. The first kappa shape index (κ1) is 22.7. The van der Waals surface area contributed by atoms with Crippen LogP contribution in [0.15, 0.2) is 17.0 Å². The molecular formula is C18H25Cl2N3O5S. The van der Waals surface area contributed by atoms with E-state index in [4.69, 9.17) is 32.7 Å². The van der Waals surface area contributed by atoms with Crippen molar-refractivity contribution in [2.75, 3.05) is 59.2 Å². The Hall–Kier alpha value is -0.940. The van der Waals surface area contributed by atoms with Gasteiger partial charge in [0, 0.05) is 38.8 Å². The average Bonchev–Trinajstić information content (AvgIpc) is 2.73. The number of nitrogens with one attached hydrogen (secondary N) is 1. The number of morpholine rings is 2. The summed E-state index contributed by atoms with van der Waals surface area (Å²) >= 11 is 12.4. The maximum Gasteiger partial charge on any atom is 0.252 e. The van der Waals surface area contributed by atoms with Crippen LogP contribution in [0.3, 0.4) is 0 Å². The highest BCUT2D eigenvalue weighted by Gasteiger charge is 2.30. The molecule has 162 valence electrons. The van der Waals surface area contributed by atoms with E-state index in [2.05, 4.69) is 10.2 Å². The number of benzene rings is 1. The van der Waals surface area contributed by atoms with E-state index in [9.17, 15) is 13.2 Å². The van der Waals surface area contributed by atoms with Crippen molar-refractivity contribution in [3.63, 3.8) is 0 Å². The van der Waals surface area contributed by atoms with Crippen LogP contribution in [0.2, 0.25) is 10.0 Å². The minimum absolute atomic E-state index is 0.0141. The van der Waals surface area contributed by atoms with Gasteiger partial charge in [-0.3, -0.25) is 9.69 Å². The topological polar surface area (TPSA) is 88.2 Å². The van der Waals surface area contributed by atoms with Gasteiger partial charge in [0.1, 0.15) is 4.90 Å². The van der Waals surface area contributed by atoms with Crippen LogP contribution < -0.4 is 5.32 Å². The van der Waals surface area contributed by atoms with Crippen LogP contribution in [0.4, 0.5) is 0 Å². The van der Waals surface area contributed by atoms with Gasteiger partial charge in [-0.2, -0.15) is 4.31 Å². The second-order valence-corrected chi connectivity index (χ2v) is 9.71. The second kappa shape index (κ2) is 9.91. The third-order valence-corrected chi connectivity index (χ3v) is 7.76. The molecule has 2 fully saturated rings. The van der Waals surface area contributed by atoms with Crippen molar-refractivity contribution in [1.29, 1.82) is 0 Å². The first-order chi connectivity index (χ1) is 13.8. The van der Waals surface area contributed by atoms with E-state index in [1.54, 1.807) is 0 Å². The summed E-state index contributed by atoms with van der Waals surface area (Å²) in [4.78, 5) is 14.8. The molecule has 1 N–H and O–H groups in total. The molecule has 1 unspecified atom stereocenters. The largest absolute Gasteiger partial charge is 0.379 e. The Bertz CT molecular complexity index is 840. The van der Waals surface area contributed by atoms with E-state index in [1.165, 1.54) is 16.4 Å². The fraction of sp³-hybridized carbons (Fsp3) is 0.611. The van der Waals surface area contributed by atoms with Crippen molar-refractivity contribution < 1.29 is 22.7 Å². The summed E-state index contributed by atoms with van der Waals surface area (Å²) in [5, 5.41) is 2.93. The second-order valence-electron chi connectivity index (χ2n) is 6.99. The fourth-order valence-electron chi connectivity index (χ4n) is 3.31. The molecule has 0 saturated carbocycles. The Kier molecular flexibility index (Phi) is 7.77. The third kappa shape index (κ3) is 5.41. The molecule has 1 atom stereocenters. The molecule has 0 bridgehead atoms. The van der Waals surface area contributed by atoms with Crippen LogP contribution in [-0.2, 0) is 19.5 Å². The first-order valence-electron chi connectivity index (χ1n) is 9.47. The number of ether oxygens (including phenoxy) is 2. The summed E-state index contributed by atoms with van der Waals surface area (Å²) in [5.41, 5.74) is 0.0806. The van der Waals surface area contributed by atoms with Crippen molar-refractivity contribution in [2.24, 2.45) is 0 Å². The lowest BCUT2D eigenvalue weighted by molar-refractivity contribution is 0.0204. The van der Waals surface area contributed by atoms with E-state index in [-0.39, 0.29) is 39.6 Å². The zero-order valence-corrected chi connectivity index (χ0v) is 18.5. The monoisotopic (exact) mass is 465 g/mol. The predicted octanol–water partition coefficient (Wildman–Crippen LogP) is 1.46. The van der Waals surface area contributed by atoms with Crippen molar-refractivity contribution >= 4 is 39.1 Å². The third-order valence-electron chi connectivity index (χ3n) is 5.08. The number of carbonyl (C=O) groups excluding carboxylic acids is 1. The van der Waals surface area contributed by atoms with Gasteiger partial charge in [0.15, 0.2) is 0 Å². The Morgan fingerprint density at radius 2 is 1.66 bits per heavy atom. The summed E-state index contributed by atoms with van der Waals surface area (Å²) in [6.07, 6.45) is 0. The Labute approximate surface area is 181 Å². The molecule has 0 aliphatic carbocycles. The number of sulfonamides is 1. The number of carbonyl (C=O) groups is 1. The number of hydrogen-bond donors (Lipinski definition) is 1. The van der Waals surface area contributed by atoms with Gasteiger partial charge in [-0.25, -0.2) is 8.42 Å². The molecule has 1 amide bonds. The molecule has 0 spiro atoms. The van der Waals surface area contributed by atoms with Gasteiger partial charge in [-0.05, 0) is 19.1 Å². The Morgan fingerprint density at radius 1 is 1.07 bits per heavy atom. The highest BCUT2D eigenvalue weighted by atomic mass is 35.5. The van der Waals surface area contributed by atoms with Gasteiger partial charge < -0.3 is 14.8 Å². The van der Waals surface area contributed by atoms with Crippen LogP contribution >= 0.6 is 23.2 Å².